The highest BCUT2D eigenvalue weighted by Crippen LogP contribution is 2.53. The summed E-state index contributed by atoms with van der Waals surface area (Å²) < 4.78 is 0. The van der Waals surface area contributed by atoms with Gasteiger partial charge in [-0.15, -0.1) is 0 Å². The number of carbonyl (C=O) groups is 1. The first-order chi connectivity index (χ1) is 13.3. The molecule has 2 atom stereocenters. The lowest BCUT2D eigenvalue weighted by atomic mass is 9.74. The molecule has 0 aliphatic carbocycles. The van der Waals surface area contributed by atoms with Crippen LogP contribution in [-0.4, -0.2) is 31.7 Å². The Morgan fingerprint density at radius 2 is 1.79 bits per heavy atom. The molecule has 28 heavy (non-hydrogen) atoms. The molecule has 1 N–H and O–H groups in total. The second-order valence-electron chi connectivity index (χ2n) is 8.70. The fourth-order valence-electron chi connectivity index (χ4n) is 4.76. The molecule has 0 saturated carbocycles. The zero-order valence-corrected chi connectivity index (χ0v) is 17.4. The van der Waals surface area contributed by atoms with Gasteiger partial charge in [-0.25, -0.2) is 0 Å². The fourth-order valence-corrected chi connectivity index (χ4v) is 4.76. The van der Waals surface area contributed by atoms with Crippen molar-refractivity contribution in [1.29, 1.82) is 0 Å². The van der Waals surface area contributed by atoms with Gasteiger partial charge < -0.3 is 15.1 Å². The van der Waals surface area contributed by atoms with Crippen LogP contribution >= 0.6 is 0 Å². The Morgan fingerprint density at radius 3 is 2.46 bits per heavy atom. The molecule has 0 radical (unpaired) electrons. The molecule has 0 spiro atoms. The SMILES string of the molecule is CC1CC(=O)NC2(C=Cc3ccc(N(C)C)cc3)N1c1ccccc1C2(C)C. The van der Waals surface area contributed by atoms with E-state index in [2.05, 4.69) is 96.6 Å². The van der Waals surface area contributed by atoms with Gasteiger partial charge in [-0.1, -0.05) is 50.3 Å². The van der Waals surface area contributed by atoms with Crippen molar-refractivity contribution in [2.24, 2.45) is 0 Å². The smallest absolute Gasteiger partial charge is 0.224 e. The number of hydrogen-bond donors (Lipinski definition) is 1. The Hall–Kier alpha value is -2.75. The van der Waals surface area contributed by atoms with Crippen molar-refractivity contribution in [1.82, 2.24) is 5.32 Å². The van der Waals surface area contributed by atoms with Crippen molar-refractivity contribution in [3.63, 3.8) is 0 Å². The quantitative estimate of drug-likeness (QED) is 0.875. The van der Waals surface area contributed by atoms with Crippen LogP contribution in [0.2, 0.25) is 0 Å². The number of para-hydroxylation sites is 1. The van der Waals surface area contributed by atoms with E-state index in [0.29, 0.717) is 6.42 Å². The van der Waals surface area contributed by atoms with Crippen LogP contribution in [0.1, 0.15) is 38.3 Å². The van der Waals surface area contributed by atoms with Crippen molar-refractivity contribution in [3.8, 4) is 0 Å². The van der Waals surface area contributed by atoms with Gasteiger partial charge in [-0.2, -0.15) is 0 Å². The predicted octanol–water partition coefficient (Wildman–Crippen LogP) is 4.17. The summed E-state index contributed by atoms with van der Waals surface area (Å²) in [4.78, 5) is 17.1. The van der Waals surface area contributed by atoms with Gasteiger partial charge >= 0.3 is 0 Å². The minimum absolute atomic E-state index is 0.109. The molecule has 4 nitrogen and oxygen atoms in total. The van der Waals surface area contributed by atoms with Crippen molar-refractivity contribution in [2.45, 2.75) is 44.3 Å². The number of anilines is 2. The minimum atomic E-state index is -0.578. The van der Waals surface area contributed by atoms with E-state index in [4.69, 9.17) is 0 Å². The van der Waals surface area contributed by atoms with E-state index in [0.717, 1.165) is 5.56 Å². The Morgan fingerprint density at radius 1 is 1.11 bits per heavy atom. The van der Waals surface area contributed by atoms with Crippen LogP contribution in [-0.2, 0) is 10.2 Å². The molecule has 2 heterocycles. The number of benzene rings is 2. The van der Waals surface area contributed by atoms with E-state index in [9.17, 15) is 4.79 Å². The second-order valence-corrected chi connectivity index (χ2v) is 8.70. The number of rotatable bonds is 3. The molecule has 1 saturated heterocycles. The first kappa shape index (κ1) is 18.6. The lowest BCUT2D eigenvalue weighted by Crippen LogP contribution is -2.71. The van der Waals surface area contributed by atoms with Crippen LogP contribution in [0.25, 0.3) is 6.08 Å². The third-order valence-electron chi connectivity index (χ3n) is 6.35. The largest absolute Gasteiger partial charge is 0.378 e. The van der Waals surface area contributed by atoms with Gasteiger partial charge in [0.05, 0.1) is 0 Å². The van der Waals surface area contributed by atoms with Gasteiger partial charge in [0.1, 0.15) is 5.66 Å². The summed E-state index contributed by atoms with van der Waals surface area (Å²) in [5, 5.41) is 3.35. The molecular formula is C24H29N3O. The Kier molecular flexibility index (Phi) is 4.25. The van der Waals surface area contributed by atoms with Crippen LogP contribution < -0.4 is 15.1 Å². The van der Waals surface area contributed by atoms with Crippen LogP contribution in [0.5, 0.6) is 0 Å². The summed E-state index contributed by atoms with van der Waals surface area (Å²) in [5.41, 5.74) is 3.95. The number of hydrogen-bond acceptors (Lipinski definition) is 3. The monoisotopic (exact) mass is 375 g/mol. The molecule has 0 aromatic heterocycles. The molecule has 4 rings (SSSR count). The molecule has 4 heteroatoms. The molecule has 2 aliphatic heterocycles. The highest BCUT2D eigenvalue weighted by molar-refractivity contribution is 5.85. The predicted molar refractivity (Wildman–Crippen MR) is 117 cm³/mol. The number of fused-ring (bicyclic) bond motifs is 3. The third-order valence-corrected chi connectivity index (χ3v) is 6.35. The number of carbonyl (C=O) groups excluding carboxylic acids is 1. The normalized spacial score (nSPS) is 25.4. The Labute approximate surface area is 167 Å². The molecular weight excluding hydrogens is 346 g/mol. The van der Waals surface area contributed by atoms with Crippen LogP contribution in [0.15, 0.2) is 54.6 Å². The average Bonchev–Trinajstić information content (AvgIpc) is 2.85. The highest BCUT2D eigenvalue weighted by atomic mass is 16.2. The molecule has 2 aliphatic rings. The second kappa shape index (κ2) is 6.40. The van der Waals surface area contributed by atoms with Crippen molar-refractivity contribution >= 4 is 23.4 Å². The number of nitrogens with one attached hydrogen (secondary N) is 1. The standard InChI is InChI=1S/C24H29N3O/c1-17-16-22(28)25-24(15-14-18-10-12-19(13-11-18)26(4)5)23(2,3)20-8-6-7-9-21(20)27(17)24/h6-15,17H,16H2,1-5H3,(H,25,28). The van der Waals surface area contributed by atoms with Gasteiger partial charge in [-0.05, 0) is 42.3 Å². The van der Waals surface area contributed by atoms with E-state index in [1.54, 1.807) is 0 Å². The molecule has 1 amide bonds. The summed E-state index contributed by atoms with van der Waals surface area (Å²) >= 11 is 0. The first-order valence-electron chi connectivity index (χ1n) is 9.93. The summed E-state index contributed by atoms with van der Waals surface area (Å²) in [6.07, 6.45) is 4.83. The molecule has 2 unspecified atom stereocenters. The minimum Gasteiger partial charge on any atom is -0.378 e. The summed E-state index contributed by atoms with van der Waals surface area (Å²) in [6.45, 7) is 6.60. The first-order valence-corrected chi connectivity index (χ1v) is 9.93. The van der Waals surface area contributed by atoms with Crippen LogP contribution in [0.3, 0.4) is 0 Å². The lowest BCUT2D eigenvalue weighted by Gasteiger charge is -2.51. The van der Waals surface area contributed by atoms with Crippen molar-refractivity contribution in [2.75, 3.05) is 23.9 Å². The van der Waals surface area contributed by atoms with E-state index >= 15 is 0 Å². The van der Waals surface area contributed by atoms with Crippen LogP contribution in [0.4, 0.5) is 11.4 Å². The fraction of sp³-hybridized carbons (Fsp3) is 0.375. The molecule has 1 fully saturated rings. The van der Waals surface area contributed by atoms with Gasteiger partial charge in [-0.3, -0.25) is 4.79 Å². The van der Waals surface area contributed by atoms with E-state index in [1.807, 2.05) is 14.1 Å². The Bertz CT molecular complexity index is 929. The summed E-state index contributed by atoms with van der Waals surface area (Å²) in [6, 6.07) is 17.1. The maximum atomic E-state index is 12.6. The maximum absolute atomic E-state index is 12.6. The summed E-state index contributed by atoms with van der Waals surface area (Å²) in [5.74, 6) is 0.109. The lowest BCUT2D eigenvalue weighted by molar-refractivity contribution is -0.125. The topological polar surface area (TPSA) is 35.6 Å². The van der Waals surface area contributed by atoms with Gasteiger partial charge in [0.25, 0.3) is 0 Å². The highest BCUT2D eigenvalue weighted by Gasteiger charge is 2.59. The molecule has 2 aromatic rings. The van der Waals surface area contributed by atoms with Crippen molar-refractivity contribution in [3.05, 3.63) is 65.7 Å². The maximum Gasteiger partial charge on any atom is 0.224 e. The molecule has 0 bridgehead atoms. The average molecular weight is 376 g/mol. The van der Waals surface area contributed by atoms with E-state index in [-0.39, 0.29) is 17.4 Å². The number of amides is 1. The molecule has 146 valence electrons. The Balaban J connectivity index is 1.80. The molecule has 2 aromatic carbocycles. The summed E-state index contributed by atoms with van der Waals surface area (Å²) in [7, 11) is 4.08. The zero-order chi connectivity index (χ0) is 20.1. The van der Waals surface area contributed by atoms with Gasteiger partial charge in [0.15, 0.2) is 0 Å². The van der Waals surface area contributed by atoms with Crippen LogP contribution in [0, 0.1) is 0 Å². The number of nitrogens with zero attached hydrogens (tertiary/aromatic N) is 2. The van der Waals surface area contributed by atoms with Gasteiger partial charge in [0, 0.05) is 43.3 Å². The zero-order valence-electron chi connectivity index (χ0n) is 17.4. The van der Waals surface area contributed by atoms with E-state index < -0.39 is 5.66 Å². The van der Waals surface area contributed by atoms with Crippen molar-refractivity contribution < 1.29 is 4.79 Å². The third kappa shape index (κ3) is 2.62. The van der Waals surface area contributed by atoms with E-state index in [1.165, 1.54) is 16.9 Å². The van der Waals surface area contributed by atoms with Gasteiger partial charge in [0.2, 0.25) is 5.91 Å².